The van der Waals surface area contributed by atoms with E-state index in [-0.39, 0.29) is 22.3 Å². The fraction of sp³-hybridized carbons (Fsp3) is 0.280. The summed E-state index contributed by atoms with van der Waals surface area (Å²) >= 11 is 6.44. The maximum Gasteiger partial charge on any atom is 0.420 e. The highest BCUT2D eigenvalue weighted by Crippen LogP contribution is 2.38. The zero-order valence-corrected chi connectivity index (χ0v) is 20.1. The lowest BCUT2D eigenvalue weighted by Gasteiger charge is -2.16. The van der Waals surface area contributed by atoms with Gasteiger partial charge < -0.3 is 18.8 Å². The van der Waals surface area contributed by atoms with Gasteiger partial charge in [-0.15, -0.1) is 0 Å². The van der Waals surface area contributed by atoms with Crippen molar-refractivity contribution in [2.45, 2.75) is 18.5 Å². The van der Waals surface area contributed by atoms with E-state index in [1.807, 2.05) is 12.1 Å². The standard InChI is InChI=1S/C25H21ClF3N3O4/c1-34-19-4-3-14(10-20(19)35-2)15-5-7-31(11-15)24(33)21-22(26)32-12-17(16-6-8-36-13-16)9-18(23(32)30-21)25(27,28)29/h3-4,6,8-10,12-13,15H,5,7,11H2,1-2H3. The first-order chi connectivity index (χ1) is 17.2. The Bertz CT molecular complexity index is 1430. The van der Waals surface area contributed by atoms with Gasteiger partial charge in [0, 0.05) is 36.3 Å². The lowest BCUT2D eigenvalue weighted by Crippen LogP contribution is -2.29. The molecule has 1 saturated heterocycles. The van der Waals surface area contributed by atoms with Crippen LogP contribution >= 0.6 is 11.6 Å². The second-order valence-corrected chi connectivity index (χ2v) is 8.81. The van der Waals surface area contributed by atoms with Crippen LogP contribution in [-0.4, -0.2) is 47.5 Å². The summed E-state index contributed by atoms with van der Waals surface area (Å²) in [6, 6.07) is 8.08. The fourth-order valence-electron chi connectivity index (χ4n) is 4.52. The molecule has 188 valence electrons. The average Bonchev–Trinajstić information content (AvgIpc) is 3.63. The molecule has 0 saturated carbocycles. The van der Waals surface area contributed by atoms with Crippen LogP contribution in [0.15, 0.2) is 53.5 Å². The number of ether oxygens (including phenoxy) is 2. The second kappa shape index (κ2) is 9.09. The SMILES string of the molecule is COc1ccc(C2CCN(C(=O)c3nc4c(C(F)(F)F)cc(-c5ccoc5)cn4c3Cl)C2)cc1OC. The average molecular weight is 520 g/mol. The summed E-state index contributed by atoms with van der Waals surface area (Å²) in [5.41, 5.74) is -0.00736. The summed E-state index contributed by atoms with van der Waals surface area (Å²) in [7, 11) is 3.10. The lowest BCUT2D eigenvalue weighted by atomic mass is 9.98. The number of hydrogen-bond acceptors (Lipinski definition) is 5. The number of halogens is 4. The number of alkyl halides is 3. The van der Waals surface area contributed by atoms with Crippen molar-refractivity contribution in [2.75, 3.05) is 27.3 Å². The van der Waals surface area contributed by atoms with Gasteiger partial charge in [0.2, 0.25) is 0 Å². The predicted octanol–water partition coefficient (Wildman–Crippen LogP) is 5.91. The minimum Gasteiger partial charge on any atom is -0.493 e. The van der Waals surface area contributed by atoms with Crippen molar-refractivity contribution < 1.29 is 31.9 Å². The molecule has 0 spiro atoms. The summed E-state index contributed by atoms with van der Waals surface area (Å²) in [6.07, 6.45) is 0.0704. The molecule has 4 aromatic rings. The van der Waals surface area contributed by atoms with E-state index in [1.165, 1.54) is 24.8 Å². The molecule has 1 aromatic carbocycles. The van der Waals surface area contributed by atoms with Crippen molar-refractivity contribution in [3.8, 4) is 22.6 Å². The maximum atomic E-state index is 13.9. The molecule has 5 rings (SSSR count). The van der Waals surface area contributed by atoms with Gasteiger partial charge in [-0.2, -0.15) is 13.2 Å². The normalized spacial score (nSPS) is 16.1. The van der Waals surface area contributed by atoms with Crippen LogP contribution in [0, 0.1) is 0 Å². The van der Waals surface area contributed by atoms with Gasteiger partial charge in [-0.05, 0) is 36.2 Å². The van der Waals surface area contributed by atoms with E-state index in [0.29, 0.717) is 36.6 Å². The molecule has 1 aliphatic heterocycles. The number of hydrogen-bond donors (Lipinski definition) is 0. The van der Waals surface area contributed by atoms with E-state index in [4.69, 9.17) is 25.5 Å². The largest absolute Gasteiger partial charge is 0.493 e. The molecule has 0 aliphatic carbocycles. The van der Waals surface area contributed by atoms with Crippen molar-refractivity contribution in [3.63, 3.8) is 0 Å². The van der Waals surface area contributed by atoms with E-state index in [2.05, 4.69) is 4.98 Å². The molecule has 1 unspecified atom stereocenters. The highest BCUT2D eigenvalue weighted by molar-refractivity contribution is 6.33. The number of fused-ring (bicyclic) bond motifs is 1. The smallest absolute Gasteiger partial charge is 0.420 e. The third-order valence-electron chi connectivity index (χ3n) is 6.38. The Morgan fingerprint density at radius 2 is 1.92 bits per heavy atom. The Morgan fingerprint density at radius 3 is 2.58 bits per heavy atom. The number of likely N-dealkylation sites (tertiary alicyclic amines) is 1. The molecule has 1 atom stereocenters. The van der Waals surface area contributed by atoms with Crippen molar-refractivity contribution >= 4 is 23.2 Å². The van der Waals surface area contributed by atoms with Crippen LogP contribution in [-0.2, 0) is 6.18 Å². The summed E-state index contributed by atoms with van der Waals surface area (Å²) in [5.74, 6) is 0.669. The van der Waals surface area contributed by atoms with Gasteiger partial charge in [-0.1, -0.05) is 17.7 Å². The number of rotatable bonds is 5. The minimum absolute atomic E-state index is 0.0167. The number of carbonyl (C=O) groups is 1. The highest BCUT2D eigenvalue weighted by atomic mass is 35.5. The molecule has 1 aliphatic rings. The number of nitrogens with zero attached hydrogens (tertiary/aromatic N) is 3. The predicted molar refractivity (Wildman–Crippen MR) is 126 cm³/mol. The molecule has 3 aromatic heterocycles. The van der Waals surface area contributed by atoms with E-state index in [1.54, 1.807) is 25.2 Å². The Kier molecular flexibility index (Phi) is 6.07. The van der Waals surface area contributed by atoms with Gasteiger partial charge in [-0.3, -0.25) is 9.20 Å². The van der Waals surface area contributed by atoms with Crippen LogP contribution in [0.25, 0.3) is 16.8 Å². The molecule has 1 fully saturated rings. The van der Waals surface area contributed by atoms with E-state index >= 15 is 0 Å². The molecule has 0 bridgehead atoms. The van der Waals surface area contributed by atoms with E-state index in [9.17, 15) is 18.0 Å². The number of carbonyl (C=O) groups excluding carboxylic acids is 1. The molecular weight excluding hydrogens is 499 g/mol. The number of benzene rings is 1. The number of aromatic nitrogens is 2. The Hall–Kier alpha value is -3.66. The Labute approximate surface area is 209 Å². The summed E-state index contributed by atoms with van der Waals surface area (Å²) in [6.45, 7) is 0.777. The van der Waals surface area contributed by atoms with Gasteiger partial charge in [-0.25, -0.2) is 4.98 Å². The lowest BCUT2D eigenvalue weighted by molar-refractivity contribution is -0.136. The van der Waals surface area contributed by atoms with Crippen LogP contribution in [0.1, 0.15) is 34.0 Å². The summed E-state index contributed by atoms with van der Waals surface area (Å²) in [4.78, 5) is 18.9. The number of methoxy groups -OCH3 is 2. The van der Waals surface area contributed by atoms with Gasteiger partial charge in [0.05, 0.1) is 32.3 Å². The first kappa shape index (κ1) is 24.1. The number of furan rings is 1. The molecule has 0 radical (unpaired) electrons. The van der Waals surface area contributed by atoms with E-state index in [0.717, 1.165) is 16.0 Å². The zero-order valence-electron chi connectivity index (χ0n) is 19.3. The van der Waals surface area contributed by atoms with Crippen molar-refractivity contribution in [1.82, 2.24) is 14.3 Å². The van der Waals surface area contributed by atoms with E-state index < -0.39 is 23.3 Å². The monoisotopic (exact) mass is 519 g/mol. The van der Waals surface area contributed by atoms with Gasteiger partial charge in [0.15, 0.2) is 22.8 Å². The Morgan fingerprint density at radius 1 is 1.14 bits per heavy atom. The van der Waals surface area contributed by atoms with Gasteiger partial charge >= 0.3 is 6.18 Å². The van der Waals surface area contributed by atoms with Crippen LogP contribution in [0.3, 0.4) is 0 Å². The second-order valence-electron chi connectivity index (χ2n) is 8.45. The quantitative estimate of drug-likeness (QED) is 0.328. The summed E-state index contributed by atoms with van der Waals surface area (Å²) < 4.78 is 58.5. The number of imidazole rings is 1. The van der Waals surface area contributed by atoms with Crippen molar-refractivity contribution in [1.29, 1.82) is 0 Å². The molecule has 7 nitrogen and oxygen atoms in total. The van der Waals surface area contributed by atoms with Gasteiger partial charge in [0.1, 0.15) is 5.15 Å². The molecule has 11 heteroatoms. The Balaban J connectivity index is 1.48. The molecule has 1 amide bonds. The third-order valence-corrected chi connectivity index (χ3v) is 6.74. The van der Waals surface area contributed by atoms with Crippen molar-refractivity contribution in [2.24, 2.45) is 0 Å². The van der Waals surface area contributed by atoms with Crippen LogP contribution in [0.4, 0.5) is 13.2 Å². The van der Waals surface area contributed by atoms with Crippen LogP contribution < -0.4 is 9.47 Å². The van der Waals surface area contributed by atoms with Crippen LogP contribution in [0.5, 0.6) is 11.5 Å². The maximum absolute atomic E-state index is 13.9. The zero-order chi connectivity index (χ0) is 25.6. The first-order valence-electron chi connectivity index (χ1n) is 11.0. The molecule has 4 heterocycles. The van der Waals surface area contributed by atoms with Crippen LogP contribution in [0.2, 0.25) is 5.15 Å². The third kappa shape index (κ3) is 4.15. The topological polar surface area (TPSA) is 69.2 Å². The molecular formula is C25H21ClF3N3O4. The number of pyridine rings is 1. The highest BCUT2D eigenvalue weighted by Gasteiger charge is 2.37. The minimum atomic E-state index is -4.71. The fourth-order valence-corrected chi connectivity index (χ4v) is 4.77. The first-order valence-corrected chi connectivity index (χ1v) is 11.4. The van der Waals surface area contributed by atoms with Crippen molar-refractivity contribution in [3.05, 3.63) is 71.0 Å². The van der Waals surface area contributed by atoms with Gasteiger partial charge in [0.25, 0.3) is 5.91 Å². The molecule has 36 heavy (non-hydrogen) atoms. The number of amides is 1. The summed E-state index contributed by atoms with van der Waals surface area (Å²) in [5, 5.41) is -0.180. The molecule has 0 N–H and O–H groups in total.